The zero-order valence-corrected chi connectivity index (χ0v) is 14.9. The summed E-state index contributed by atoms with van der Waals surface area (Å²) in [7, 11) is 1.93. The third-order valence-electron chi connectivity index (χ3n) is 4.49. The number of benzene rings is 2. The van der Waals surface area contributed by atoms with E-state index in [1.54, 1.807) is 24.3 Å². The van der Waals surface area contributed by atoms with Crippen LogP contribution < -0.4 is 16.0 Å². The quantitative estimate of drug-likeness (QED) is 0.774. The van der Waals surface area contributed by atoms with Crippen LogP contribution in [0.4, 0.5) is 16.2 Å². The minimum Gasteiger partial charge on any atom is -0.338 e. The van der Waals surface area contributed by atoms with Gasteiger partial charge in [0.1, 0.15) is 0 Å². The highest BCUT2D eigenvalue weighted by molar-refractivity contribution is 6.00. The Labute approximate surface area is 153 Å². The third kappa shape index (κ3) is 4.61. The summed E-state index contributed by atoms with van der Waals surface area (Å²) >= 11 is 0. The fraction of sp³-hybridized carbons (Fsp3) is 0.300. The van der Waals surface area contributed by atoms with E-state index in [2.05, 4.69) is 16.0 Å². The van der Waals surface area contributed by atoms with Crippen LogP contribution in [0.3, 0.4) is 0 Å². The molecule has 3 amide bonds. The molecule has 1 saturated heterocycles. The smallest absolute Gasteiger partial charge is 0.323 e. The standard InChI is InChI=1S/C20H24N4O2/c1-21-13-15-11-12-24(14-15)19(25)16-7-9-18(10-8-16)23-20(26)22-17-5-3-2-4-6-17/h2-10,15,21H,11-14H2,1H3,(H2,22,23,26). The molecule has 0 aromatic heterocycles. The first-order chi connectivity index (χ1) is 12.7. The number of nitrogens with zero attached hydrogens (tertiary/aromatic N) is 1. The normalized spacial score (nSPS) is 16.3. The molecule has 6 nitrogen and oxygen atoms in total. The highest BCUT2D eigenvalue weighted by Crippen LogP contribution is 2.19. The molecule has 1 aliphatic heterocycles. The van der Waals surface area contributed by atoms with Gasteiger partial charge in [0.25, 0.3) is 5.91 Å². The van der Waals surface area contributed by atoms with E-state index in [1.165, 1.54) is 0 Å². The Kier molecular flexibility index (Phi) is 5.86. The van der Waals surface area contributed by atoms with Gasteiger partial charge in [-0.1, -0.05) is 18.2 Å². The molecule has 0 radical (unpaired) electrons. The van der Waals surface area contributed by atoms with E-state index < -0.39 is 0 Å². The lowest BCUT2D eigenvalue weighted by atomic mass is 10.1. The summed E-state index contributed by atoms with van der Waals surface area (Å²) in [5.74, 6) is 0.565. The fourth-order valence-electron chi connectivity index (χ4n) is 3.17. The monoisotopic (exact) mass is 352 g/mol. The van der Waals surface area contributed by atoms with Crippen molar-refractivity contribution < 1.29 is 9.59 Å². The van der Waals surface area contributed by atoms with Crippen molar-refractivity contribution in [1.82, 2.24) is 10.2 Å². The maximum atomic E-state index is 12.6. The molecule has 1 atom stereocenters. The molecule has 2 aromatic carbocycles. The van der Waals surface area contributed by atoms with Gasteiger partial charge in [0.15, 0.2) is 0 Å². The minimum absolute atomic E-state index is 0.0453. The lowest BCUT2D eigenvalue weighted by Crippen LogP contribution is -2.30. The van der Waals surface area contributed by atoms with Gasteiger partial charge >= 0.3 is 6.03 Å². The Bertz CT molecular complexity index is 746. The summed E-state index contributed by atoms with van der Waals surface area (Å²) in [6, 6.07) is 15.9. The van der Waals surface area contributed by atoms with Crippen molar-refractivity contribution in [1.29, 1.82) is 0 Å². The molecule has 3 rings (SSSR count). The molecule has 0 saturated carbocycles. The van der Waals surface area contributed by atoms with Crippen LogP contribution in [0.5, 0.6) is 0 Å². The van der Waals surface area contributed by atoms with Crippen LogP contribution in [0, 0.1) is 5.92 Å². The van der Waals surface area contributed by atoms with Gasteiger partial charge in [-0.2, -0.15) is 0 Å². The second-order valence-corrected chi connectivity index (χ2v) is 6.49. The molecule has 0 aliphatic carbocycles. The van der Waals surface area contributed by atoms with E-state index in [4.69, 9.17) is 0 Å². The number of para-hydroxylation sites is 1. The first-order valence-electron chi connectivity index (χ1n) is 8.82. The molecule has 0 spiro atoms. The lowest BCUT2D eigenvalue weighted by Gasteiger charge is -2.17. The van der Waals surface area contributed by atoms with Gasteiger partial charge in [0, 0.05) is 30.0 Å². The van der Waals surface area contributed by atoms with Gasteiger partial charge < -0.3 is 20.9 Å². The Morgan fingerprint density at radius 2 is 1.65 bits per heavy atom. The predicted molar refractivity (Wildman–Crippen MR) is 103 cm³/mol. The molecule has 3 N–H and O–H groups in total. The maximum absolute atomic E-state index is 12.6. The van der Waals surface area contributed by atoms with E-state index >= 15 is 0 Å². The molecule has 1 unspecified atom stereocenters. The van der Waals surface area contributed by atoms with Gasteiger partial charge in [0.05, 0.1) is 0 Å². The summed E-state index contributed by atoms with van der Waals surface area (Å²) < 4.78 is 0. The summed E-state index contributed by atoms with van der Waals surface area (Å²) in [5, 5.41) is 8.69. The van der Waals surface area contributed by atoms with Gasteiger partial charge in [-0.3, -0.25) is 4.79 Å². The Balaban J connectivity index is 1.55. The van der Waals surface area contributed by atoms with Crippen molar-refractivity contribution in [3.05, 3.63) is 60.2 Å². The largest absolute Gasteiger partial charge is 0.338 e. The van der Waals surface area contributed by atoms with Crippen LogP contribution >= 0.6 is 0 Å². The van der Waals surface area contributed by atoms with Crippen molar-refractivity contribution in [2.75, 3.05) is 37.3 Å². The third-order valence-corrected chi connectivity index (χ3v) is 4.49. The molecule has 2 aromatic rings. The first-order valence-corrected chi connectivity index (χ1v) is 8.82. The van der Waals surface area contributed by atoms with Crippen LogP contribution in [0.2, 0.25) is 0 Å². The average molecular weight is 352 g/mol. The van der Waals surface area contributed by atoms with Gasteiger partial charge in [-0.25, -0.2) is 4.79 Å². The Morgan fingerprint density at radius 3 is 2.31 bits per heavy atom. The fourth-order valence-corrected chi connectivity index (χ4v) is 3.17. The predicted octanol–water partition coefficient (Wildman–Crippen LogP) is 3.01. The van der Waals surface area contributed by atoms with Crippen LogP contribution in [-0.4, -0.2) is 43.5 Å². The molecule has 0 bridgehead atoms. The topological polar surface area (TPSA) is 73.5 Å². The number of amides is 3. The molecule has 1 heterocycles. The van der Waals surface area contributed by atoms with Crippen LogP contribution in [0.15, 0.2) is 54.6 Å². The molecular weight excluding hydrogens is 328 g/mol. The number of carbonyl (C=O) groups is 2. The number of carbonyl (C=O) groups excluding carboxylic acids is 2. The van der Waals surface area contributed by atoms with Crippen molar-refractivity contribution in [3.8, 4) is 0 Å². The average Bonchev–Trinajstić information content (AvgIpc) is 3.11. The van der Waals surface area contributed by atoms with Crippen molar-refractivity contribution in [3.63, 3.8) is 0 Å². The number of urea groups is 1. The molecule has 6 heteroatoms. The highest BCUT2D eigenvalue weighted by atomic mass is 16.2. The van der Waals surface area contributed by atoms with Crippen molar-refractivity contribution in [2.24, 2.45) is 5.92 Å². The van der Waals surface area contributed by atoms with Gasteiger partial charge in [0.2, 0.25) is 0 Å². The first kappa shape index (κ1) is 17.9. The van der Waals surface area contributed by atoms with E-state index in [0.29, 0.717) is 17.2 Å². The maximum Gasteiger partial charge on any atom is 0.323 e. The number of likely N-dealkylation sites (tertiary alicyclic amines) is 1. The van der Waals surface area contributed by atoms with E-state index in [1.807, 2.05) is 42.3 Å². The molecule has 1 fully saturated rings. The van der Waals surface area contributed by atoms with E-state index in [9.17, 15) is 9.59 Å². The Morgan fingerprint density at radius 1 is 1.00 bits per heavy atom. The zero-order valence-electron chi connectivity index (χ0n) is 14.9. The number of nitrogens with one attached hydrogen (secondary N) is 3. The summed E-state index contributed by atoms with van der Waals surface area (Å²) in [6.45, 7) is 2.52. The SMILES string of the molecule is CNCC1CCN(C(=O)c2ccc(NC(=O)Nc3ccccc3)cc2)C1. The van der Waals surface area contributed by atoms with Gasteiger partial charge in [-0.05, 0) is 62.3 Å². The number of hydrogen-bond acceptors (Lipinski definition) is 3. The van der Waals surface area contributed by atoms with E-state index in [0.717, 1.165) is 31.7 Å². The zero-order chi connectivity index (χ0) is 18.4. The van der Waals surface area contributed by atoms with E-state index in [-0.39, 0.29) is 11.9 Å². The number of anilines is 2. The summed E-state index contributed by atoms with van der Waals surface area (Å²) in [6.07, 6.45) is 1.03. The summed E-state index contributed by atoms with van der Waals surface area (Å²) in [4.78, 5) is 26.5. The summed E-state index contributed by atoms with van der Waals surface area (Å²) in [5.41, 5.74) is 2.01. The van der Waals surface area contributed by atoms with Crippen molar-refractivity contribution >= 4 is 23.3 Å². The van der Waals surface area contributed by atoms with Crippen LogP contribution in [-0.2, 0) is 0 Å². The van der Waals surface area contributed by atoms with Crippen LogP contribution in [0.25, 0.3) is 0 Å². The Hall–Kier alpha value is -2.86. The second kappa shape index (κ2) is 8.49. The highest BCUT2D eigenvalue weighted by Gasteiger charge is 2.26. The van der Waals surface area contributed by atoms with Crippen LogP contribution in [0.1, 0.15) is 16.8 Å². The molecule has 26 heavy (non-hydrogen) atoms. The molecular formula is C20H24N4O2. The van der Waals surface area contributed by atoms with Crippen molar-refractivity contribution in [2.45, 2.75) is 6.42 Å². The molecule has 136 valence electrons. The van der Waals surface area contributed by atoms with Gasteiger partial charge in [-0.15, -0.1) is 0 Å². The lowest BCUT2D eigenvalue weighted by molar-refractivity contribution is 0.0787. The minimum atomic E-state index is -0.315. The second-order valence-electron chi connectivity index (χ2n) is 6.49. The number of hydrogen-bond donors (Lipinski definition) is 3. The molecule has 1 aliphatic rings. The number of rotatable bonds is 5.